The molecule has 0 spiro atoms. The molecule has 0 aliphatic heterocycles. The van der Waals surface area contributed by atoms with Gasteiger partial charge in [0.05, 0.1) is 17.5 Å². The fourth-order valence-corrected chi connectivity index (χ4v) is 2.98. The van der Waals surface area contributed by atoms with Crippen LogP contribution in [0.25, 0.3) is 0 Å². The highest BCUT2D eigenvalue weighted by atomic mass is 32.2. The summed E-state index contributed by atoms with van der Waals surface area (Å²) in [6.07, 6.45) is -11.5. The van der Waals surface area contributed by atoms with Crippen molar-refractivity contribution in [3.63, 3.8) is 0 Å². The molecule has 1 unspecified atom stereocenters. The number of nitrogens with one attached hydrogen (secondary N) is 1. The van der Waals surface area contributed by atoms with E-state index in [1.165, 1.54) is 22.9 Å². The summed E-state index contributed by atoms with van der Waals surface area (Å²) in [7, 11) is -4.65. The second-order valence-corrected chi connectivity index (χ2v) is 6.00. The van der Waals surface area contributed by atoms with Crippen LogP contribution in [0.4, 0.5) is 26.3 Å². The Morgan fingerprint density at radius 2 is 1.45 bits per heavy atom. The molecule has 0 amide bonds. The van der Waals surface area contributed by atoms with Gasteiger partial charge < -0.3 is 5.11 Å². The summed E-state index contributed by atoms with van der Waals surface area (Å²) in [5.41, 5.74) is 0. The van der Waals surface area contributed by atoms with Gasteiger partial charge in [0.15, 0.2) is 5.92 Å². The van der Waals surface area contributed by atoms with Crippen molar-refractivity contribution in [2.24, 2.45) is 5.92 Å². The zero-order valence-electron chi connectivity index (χ0n) is 10.7. The van der Waals surface area contributed by atoms with Crippen molar-refractivity contribution in [1.29, 1.82) is 0 Å². The molecule has 0 aliphatic carbocycles. The summed E-state index contributed by atoms with van der Waals surface area (Å²) in [4.78, 5) is -0.517. The van der Waals surface area contributed by atoms with Crippen molar-refractivity contribution in [1.82, 2.24) is 4.72 Å². The van der Waals surface area contributed by atoms with Crippen LogP contribution in [0, 0.1) is 5.92 Å². The number of alkyl halides is 6. The molecule has 0 aliphatic rings. The predicted octanol–water partition coefficient (Wildman–Crippen LogP) is 2.07. The molecular weight excluding hydrogens is 340 g/mol. The number of hydrogen-bond donors (Lipinski definition) is 2. The minimum absolute atomic E-state index is 0.517. The van der Waals surface area contributed by atoms with Gasteiger partial charge >= 0.3 is 12.4 Å². The monoisotopic (exact) mass is 351 g/mol. The normalized spacial score (nSPS) is 15.1. The molecule has 2 N–H and O–H groups in total. The van der Waals surface area contributed by atoms with Gasteiger partial charge in [-0.25, -0.2) is 13.1 Å². The van der Waals surface area contributed by atoms with E-state index in [0.717, 1.165) is 12.1 Å². The number of aliphatic hydroxyl groups excluding tert-OH is 1. The minimum atomic E-state index is -5.77. The molecule has 0 bridgehead atoms. The van der Waals surface area contributed by atoms with Gasteiger partial charge in [-0.15, -0.1) is 0 Å². The van der Waals surface area contributed by atoms with Crippen molar-refractivity contribution in [3.8, 4) is 0 Å². The van der Waals surface area contributed by atoms with E-state index in [1.807, 2.05) is 0 Å². The van der Waals surface area contributed by atoms with E-state index in [2.05, 4.69) is 0 Å². The van der Waals surface area contributed by atoms with Gasteiger partial charge in [-0.1, -0.05) is 18.2 Å². The maximum atomic E-state index is 12.6. The lowest BCUT2D eigenvalue weighted by molar-refractivity contribution is -0.292. The molecule has 0 fully saturated rings. The van der Waals surface area contributed by atoms with Crippen molar-refractivity contribution >= 4 is 10.0 Å². The van der Waals surface area contributed by atoms with Crippen LogP contribution in [0.1, 0.15) is 0 Å². The average molecular weight is 351 g/mol. The van der Waals surface area contributed by atoms with Gasteiger partial charge in [0.2, 0.25) is 10.0 Å². The highest BCUT2D eigenvalue weighted by Gasteiger charge is 2.60. The van der Waals surface area contributed by atoms with E-state index in [4.69, 9.17) is 5.11 Å². The number of aliphatic hydroxyl groups is 1. The molecular formula is C11H11F6NO3S. The van der Waals surface area contributed by atoms with Crippen molar-refractivity contribution in [3.05, 3.63) is 30.3 Å². The molecule has 0 aromatic heterocycles. The fourth-order valence-electron chi connectivity index (χ4n) is 1.72. The van der Waals surface area contributed by atoms with E-state index >= 15 is 0 Å². The molecule has 4 nitrogen and oxygen atoms in total. The van der Waals surface area contributed by atoms with Crippen LogP contribution in [0.5, 0.6) is 0 Å². The first-order chi connectivity index (χ1) is 9.89. The zero-order chi connectivity index (χ0) is 17.2. The summed E-state index contributed by atoms with van der Waals surface area (Å²) in [5.74, 6) is -4.02. The van der Waals surface area contributed by atoms with Gasteiger partial charge in [0, 0.05) is 0 Å². The van der Waals surface area contributed by atoms with E-state index in [1.54, 1.807) is 0 Å². The van der Waals surface area contributed by atoms with Crippen LogP contribution >= 0.6 is 0 Å². The molecule has 0 saturated carbocycles. The molecule has 0 heterocycles. The summed E-state index contributed by atoms with van der Waals surface area (Å²) in [6.45, 7) is -1.67. The highest BCUT2D eigenvalue weighted by Crippen LogP contribution is 2.41. The Bertz CT molecular complexity index is 570. The summed E-state index contributed by atoms with van der Waals surface area (Å²) in [5, 5.41) is 8.81. The predicted molar refractivity (Wildman–Crippen MR) is 63.2 cm³/mol. The van der Waals surface area contributed by atoms with E-state index in [0.29, 0.717) is 0 Å². The van der Waals surface area contributed by atoms with E-state index in [9.17, 15) is 34.8 Å². The molecule has 1 atom stereocenters. The standard InChI is InChI=1S/C11H11F6NO3S/c12-10(13,14)9(11(15,16)17)8(6-19)18-22(20,21)7-4-2-1-3-5-7/h1-5,8-9,18-19H,6H2. The summed E-state index contributed by atoms with van der Waals surface area (Å²) < 4.78 is 100. The second-order valence-electron chi connectivity index (χ2n) is 4.28. The van der Waals surface area contributed by atoms with Crippen molar-refractivity contribution in [2.45, 2.75) is 23.3 Å². The Kier molecular flexibility index (Phi) is 5.47. The Hall–Kier alpha value is -1.33. The average Bonchev–Trinajstić information content (AvgIpc) is 2.35. The van der Waals surface area contributed by atoms with Crippen LogP contribution < -0.4 is 4.72 Å². The number of hydrogen-bond acceptors (Lipinski definition) is 3. The molecule has 1 aromatic rings. The van der Waals surface area contributed by atoms with Gasteiger partial charge in [-0.05, 0) is 12.1 Å². The first-order valence-electron chi connectivity index (χ1n) is 5.71. The first kappa shape index (κ1) is 18.7. The smallest absolute Gasteiger partial charge is 0.395 e. The molecule has 126 valence electrons. The Morgan fingerprint density at radius 3 is 1.82 bits per heavy atom. The molecule has 1 rings (SSSR count). The first-order valence-corrected chi connectivity index (χ1v) is 7.19. The molecule has 22 heavy (non-hydrogen) atoms. The van der Waals surface area contributed by atoms with Gasteiger partial charge in [0.1, 0.15) is 0 Å². The lowest BCUT2D eigenvalue weighted by Crippen LogP contribution is -2.54. The van der Waals surface area contributed by atoms with E-state index < -0.39 is 45.8 Å². The van der Waals surface area contributed by atoms with Crippen molar-refractivity contribution < 1.29 is 39.9 Å². The van der Waals surface area contributed by atoms with Gasteiger partial charge in [-0.2, -0.15) is 26.3 Å². The molecule has 11 heteroatoms. The summed E-state index contributed by atoms with van der Waals surface area (Å²) in [6, 6.07) is 3.10. The van der Waals surface area contributed by atoms with E-state index in [-0.39, 0.29) is 0 Å². The summed E-state index contributed by atoms with van der Waals surface area (Å²) >= 11 is 0. The minimum Gasteiger partial charge on any atom is -0.395 e. The Labute approximate surface area is 121 Å². The largest absolute Gasteiger partial charge is 0.402 e. The number of benzene rings is 1. The van der Waals surface area contributed by atoms with Crippen LogP contribution in [-0.4, -0.2) is 38.5 Å². The third kappa shape index (κ3) is 4.58. The highest BCUT2D eigenvalue weighted by molar-refractivity contribution is 7.89. The lowest BCUT2D eigenvalue weighted by atomic mass is 10.00. The third-order valence-corrected chi connectivity index (χ3v) is 4.17. The Balaban J connectivity index is 3.16. The van der Waals surface area contributed by atoms with Gasteiger partial charge in [0.25, 0.3) is 0 Å². The maximum absolute atomic E-state index is 12.6. The zero-order valence-corrected chi connectivity index (χ0v) is 11.5. The number of sulfonamides is 1. The third-order valence-electron chi connectivity index (χ3n) is 2.66. The lowest BCUT2D eigenvalue weighted by Gasteiger charge is -2.29. The number of rotatable bonds is 5. The number of halogens is 6. The fraction of sp³-hybridized carbons (Fsp3) is 0.455. The Morgan fingerprint density at radius 1 is 1.00 bits per heavy atom. The van der Waals surface area contributed by atoms with Crippen LogP contribution in [0.3, 0.4) is 0 Å². The SMILES string of the molecule is O=S(=O)(NC(CO)C(C(F)(F)F)C(F)(F)F)c1ccccc1. The van der Waals surface area contributed by atoms with Crippen molar-refractivity contribution in [2.75, 3.05) is 6.61 Å². The second kappa shape index (κ2) is 6.42. The molecule has 0 saturated heterocycles. The quantitative estimate of drug-likeness (QED) is 0.798. The van der Waals surface area contributed by atoms with Crippen LogP contribution in [0.15, 0.2) is 35.2 Å². The maximum Gasteiger partial charge on any atom is 0.402 e. The van der Waals surface area contributed by atoms with Gasteiger partial charge in [-0.3, -0.25) is 0 Å². The topological polar surface area (TPSA) is 66.4 Å². The molecule has 1 aromatic carbocycles. The van der Waals surface area contributed by atoms with Crippen LogP contribution in [0.2, 0.25) is 0 Å². The molecule has 0 radical (unpaired) electrons. The van der Waals surface area contributed by atoms with Crippen LogP contribution in [-0.2, 0) is 10.0 Å².